The third kappa shape index (κ3) is 6.46. The SMILES string of the molecule is O.O=[N+]([O-])c1ccc(OP(=O)(Oc2ccc([N+](=O)[O-])cc2)Oc2ccc([N+](=O)[O-])cc2)cc1. The maximum absolute atomic E-state index is 13.3. The van der Waals surface area contributed by atoms with Crippen LogP contribution >= 0.6 is 7.82 Å². The molecular formula is C18H14N3O11P. The molecule has 0 aliphatic carbocycles. The van der Waals surface area contributed by atoms with Crippen molar-refractivity contribution in [2.45, 2.75) is 0 Å². The standard InChI is InChI=1S/C18H12N3O10P.H2O/c22-19(23)13-1-7-16(8-2-13)29-32(28,30-17-9-3-14(4-10-17)20(24)25)31-18-11-5-15(6-12-18)21(26)27;/h1-12H;1H2. The van der Waals surface area contributed by atoms with E-state index in [0.717, 1.165) is 36.4 Å². The summed E-state index contributed by atoms with van der Waals surface area (Å²) in [6.45, 7) is 0. The highest BCUT2D eigenvalue weighted by atomic mass is 31.2. The number of nitro groups is 3. The molecule has 0 bridgehead atoms. The number of phosphoric acid groups is 1. The molecule has 0 saturated carbocycles. The number of hydrogen-bond acceptors (Lipinski definition) is 10. The average molecular weight is 479 g/mol. The Hall–Kier alpha value is -4.55. The lowest BCUT2D eigenvalue weighted by molar-refractivity contribution is -0.385. The van der Waals surface area contributed by atoms with E-state index < -0.39 is 22.6 Å². The average Bonchev–Trinajstić information content (AvgIpc) is 2.74. The summed E-state index contributed by atoms with van der Waals surface area (Å²) in [6.07, 6.45) is 0. The van der Waals surface area contributed by atoms with Crippen molar-refractivity contribution in [1.29, 1.82) is 0 Å². The van der Waals surface area contributed by atoms with Crippen molar-refractivity contribution < 1.29 is 38.4 Å². The van der Waals surface area contributed by atoms with Gasteiger partial charge in [-0.25, -0.2) is 0 Å². The lowest BCUT2D eigenvalue weighted by Crippen LogP contribution is -2.07. The number of phosphoric ester groups is 1. The molecule has 33 heavy (non-hydrogen) atoms. The summed E-state index contributed by atoms with van der Waals surface area (Å²) in [5.74, 6) is -0.284. The van der Waals surface area contributed by atoms with Crippen LogP contribution < -0.4 is 13.6 Å². The summed E-state index contributed by atoms with van der Waals surface area (Å²) in [7, 11) is -4.51. The first kappa shape index (κ1) is 24.7. The third-order valence-electron chi connectivity index (χ3n) is 3.79. The number of nitro benzene ring substituents is 3. The normalized spacial score (nSPS) is 10.4. The molecule has 15 heteroatoms. The minimum Gasteiger partial charge on any atom is -0.412 e. The number of non-ortho nitro benzene ring substituents is 3. The summed E-state index contributed by atoms with van der Waals surface area (Å²) in [4.78, 5) is 30.5. The Balaban J connectivity index is 0.00000385. The van der Waals surface area contributed by atoms with Crippen LogP contribution in [0.5, 0.6) is 17.2 Å². The highest BCUT2D eigenvalue weighted by Crippen LogP contribution is 2.50. The van der Waals surface area contributed by atoms with Crippen molar-refractivity contribution in [1.82, 2.24) is 0 Å². The van der Waals surface area contributed by atoms with Crippen LogP contribution in [0.4, 0.5) is 17.1 Å². The van der Waals surface area contributed by atoms with Crippen LogP contribution in [0.3, 0.4) is 0 Å². The van der Waals surface area contributed by atoms with Gasteiger partial charge >= 0.3 is 7.82 Å². The predicted molar refractivity (Wildman–Crippen MR) is 112 cm³/mol. The Bertz CT molecular complexity index is 1050. The van der Waals surface area contributed by atoms with E-state index in [1.807, 2.05) is 0 Å². The zero-order valence-electron chi connectivity index (χ0n) is 16.3. The van der Waals surface area contributed by atoms with Gasteiger partial charge in [-0.3, -0.25) is 30.3 Å². The first-order valence-corrected chi connectivity index (χ1v) is 10.0. The molecule has 2 N–H and O–H groups in total. The van der Waals surface area contributed by atoms with Crippen LogP contribution in [0.15, 0.2) is 72.8 Å². The Morgan fingerprint density at radius 3 is 0.909 bits per heavy atom. The molecule has 3 rings (SSSR count). The van der Waals surface area contributed by atoms with Crippen molar-refractivity contribution in [3.63, 3.8) is 0 Å². The molecule has 3 aromatic rings. The molecule has 14 nitrogen and oxygen atoms in total. The van der Waals surface area contributed by atoms with E-state index in [4.69, 9.17) is 13.6 Å². The zero-order chi connectivity index (χ0) is 23.3. The lowest BCUT2D eigenvalue weighted by atomic mass is 10.3. The Morgan fingerprint density at radius 1 is 0.515 bits per heavy atom. The fourth-order valence-electron chi connectivity index (χ4n) is 2.33. The van der Waals surface area contributed by atoms with E-state index in [1.54, 1.807) is 0 Å². The number of rotatable bonds is 9. The first-order valence-electron chi connectivity index (χ1n) is 8.57. The molecule has 0 amide bonds. The molecule has 0 aliphatic rings. The van der Waals surface area contributed by atoms with Gasteiger partial charge in [-0.2, -0.15) is 4.57 Å². The number of benzene rings is 3. The van der Waals surface area contributed by atoms with Gasteiger partial charge < -0.3 is 19.0 Å². The molecule has 0 radical (unpaired) electrons. The van der Waals surface area contributed by atoms with E-state index in [0.29, 0.717) is 0 Å². The van der Waals surface area contributed by atoms with Crippen molar-refractivity contribution in [2.24, 2.45) is 0 Å². The van der Waals surface area contributed by atoms with E-state index in [-0.39, 0.29) is 39.8 Å². The van der Waals surface area contributed by atoms with Crippen molar-refractivity contribution in [2.75, 3.05) is 0 Å². The largest absolute Gasteiger partial charge is 0.647 e. The predicted octanol–water partition coefficient (Wildman–Crippen LogP) is 4.23. The van der Waals surface area contributed by atoms with Crippen LogP contribution in [-0.2, 0) is 4.57 Å². The summed E-state index contributed by atoms with van der Waals surface area (Å²) < 4.78 is 29.3. The number of nitrogens with zero attached hydrogens (tertiary/aromatic N) is 3. The Kier molecular flexibility index (Phi) is 7.62. The Labute approximate surface area is 184 Å². The van der Waals surface area contributed by atoms with Gasteiger partial charge in [0.2, 0.25) is 0 Å². The molecule has 0 aliphatic heterocycles. The van der Waals surface area contributed by atoms with E-state index in [2.05, 4.69) is 0 Å². The van der Waals surface area contributed by atoms with Crippen molar-refractivity contribution in [3.05, 3.63) is 103 Å². The Morgan fingerprint density at radius 2 is 0.727 bits per heavy atom. The van der Waals surface area contributed by atoms with Gasteiger partial charge in [0, 0.05) is 36.4 Å². The quantitative estimate of drug-likeness (QED) is 0.242. The maximum Gasteiger partial charge on any atom is 0.647 e. The van der Waals surface area contributed by atoms with Gasteiger partial charge in [0.15, 0.2) is 0 Å². The molecule has 172 valence electrons. The lowest BCUT2D eigenvalue weighted by Gasteiger charge is -2.19. The summed E-state index contributed by atoms with van der Waals surface area (Å²) in [5, 5.41) is 32.4. The minimum absolute atomic E-state index is 0. The molecule has 0 aromatic heterocycles. The van der Waals surface area contributed by atoms with Gasteiger partial charge in [0.25, 0.3) is 17.1 Å². The van der Waals surface area contributed by atoms with Gasteiger partial charge in [0.1, 0.15) is 17.2 Å². The molecule has 0 heterocycles. The second kappa shape index (κ2) is 10.2. The monoisotopic (exact) mass is 479 g/mol. The summed E-state index contributed by atoms with van der Waals surface area (Å²) in [6, 6.07) is 13.7. The van der Waals surface area contributed by atoms with E-state index >= 15 is 0 Å². The summed E-state index contributed by atoms with van der Waals surface area (Å²) >= 11 is 0. The van der Waals surface area contributed by atoms with Crippen LogP contribution in [0.1, 0.15) is 0 Å². The van der Waals surface area contributed by atoms with Gasteiger partial charge in [0.05, 0.1) is 14.8 Å². The van der Waals surface area contributed by atoms with Gasteiger partial charge in [-0.15, -0.1) is 0 Å². The van der Waals surface area contributed by atoms with Crippen molar-refractivity contribution in [3.8, 4) is 17.2 Å². The van der Waals surface area contributed by atoms with Crippen LogP contribution in [0.25, 0.3) is 0 Å². The van der Waals surface area contributed by atoms with Gasteiger partial charge in [-0.05, 0) is 36.4 Å². The summed E-state index contributed by atoms with van der Waals surface area (Å²) in [5.41, 5.74) is -0.709. The van der Waals surface area contributed by atoms with Crippen LogP contribution in [0.2, 0.25) is 0 Å². The number of hydrogen-bond donors (Lipinski definition) is 0. The molecule has 0 fully saturated rings. The second-order valence-electron chi connectivity index (χ2n) is 5.97. The topological polar surface area (TPSA) is 206 Å². The highest BCUT2D eigenvalue weighted by Gasteiger charge is 2.33. The minimum atomic E-state index is -4.51. The molecule has 0 atom stereocenters. The van der Waals surface area contributed by atoms with E-state index in [1.165, 1.54) is 36.4 Å². The maximum atomic E-state index is 13.3. The van der Waals surface area contributed by atoms with Crippen molar-refractivity contribution >= 4 is 24.9 Å². The molecule has 3 aromatic carbocycles. The smallest absolute Gasteiger partial charge is 0.412 e. The van der Waals surface area contributed by atoms with Gasteiger partial charge in [-0.1, -0.05) is 0 Å². The zero-order valence-corrected chi connectivity index (χ0v) is 17.2. The molecular weight excluding hydrogens is 465 g/mol. The van der Waals surface area contributed by atoms with Crippen LogP contribution in [-0.4, -0.2) is 20.2 Å². The second-order valence-corrected chi connectivity index (χ2v) is 7.42. The van der Waals surface area contributed by atoms with Crippen LogP contribution in [0, 0.1) is 30.3 Å². The molecule has 0 unspecified atom stereocenters. The third-order valence-corrected chi connectivity index (χ3v) is 5.10. The first-order chi connectivity index (χ1) is 15.1. The van der Waals surface area contributed by atoms with E-state index in [9.17, 15) is 34.9 Å². The fourth-order valence-corrected chi connectivity index (χ4v) is 3.58. The molecule has 0 saturated heterocycles. The molecule has 0 spiro atoms. The highest BCUT2D eigenvalue weighted by molar-refractivity contribution is 7.49. The fraction of sp³-hybridized carbons (Fsp3) is 0.